The van der Waals surface area contributed by atoms with Crippen LogP contribution in [0.25, 0.3) is 0 Å². The van der Waals surface area contributed by atoms with Gasteiger partial charge < -0.3 is 14.8 Å². The molecule has 8 heteroatoms. The molecule has 0 radical (unpaired) electrons. The Labute approximate surface area is 108 Å². The lowest BCUT2D eigenvalue weighted by atomic mass is 10.3. The maximum atomic E-state index is 13.8. The summed E-state index contributed by atoms with van der Waals surface area (Å²) in [6, 6.07) is 0.841. The molecule has 1 N–H and O–H groups in total. The first-order valence-electron chi connectivity index (χ1n) is 5.84. The van der Waals surface area contributed by atoms with Gasteiger partial charge in [0.2, 0.25) is 0 Å². The molecule has 19 heavy (non-hydrogen) atoms. The molecule has 2 aromatic heterocycles. The van der Waals surface area contributed by atoms with E-state index in [-0.39, 0.29) is 11.6 Å². The van der Waals surface area contributed by atoms with Gasteiger partial charge in [-0.2, -0.15) is 0 Å². The smallest absolute Gasteiger partial charge is 0.168 e. The highest BCUT2D eigenvalue weighted by molar-refractivity contribution is 5.49. The van der Waals surface area contributed by atoms with Gasteiger partial charge in [0, 0.05) is 26.2 Å². The number of anilines is 2. The van der Waals surface area contributed by atoms with Gasteiger partial charge in [0.15, 0.2) is 29.1 Å². The molecule has 1 aliphatic heterocycles. The number of rotatable bonds is 2. The molecular weight excluding hydrogens is 254 g/mol. The number of fused-ring (bicyclic) bond motifs is 1. The summed E-state index contributed by atoms with van der Waals surface area (Å²) in [6.45, 7) is 1.62. The third-order valence-corrected chi connectivity index (χ3v) is 3.09. The van der Waals surface area contributed by atoms with Crippen LogP contribution >= 0.6 is 0 Å². The number of aromatic nitrogens is 4. The average Bonchev–Trinajstić information content (AvgIpc) is 2.86. The van der Waals surface area contributed by atoms with Gasteiger partial charge in [0.05, 0.1) is 6.54 Å². The van der Waals surface area contributed by atoms with E-state index in [4.69, 9.17) is 0 Å². The number of nitrogens with one attached hydrogen (secondary N) is 1. The zero-order valence-electron chi connectivity index (χ0n) is 10.3. The molecule has 0 amide bonds. The molecule has 2 aromatic rings. The lowest BCUT2D eigenvalue weighted by molar-refractivity contribution is 0.529. The summed E-state index contributed by atoms with van der Waals surface area (Å²) in [6.07, 6.45) is 1.64. The van der Waals surface area contributed by atoms with E-state index in [2.05, 4.69) is 20.5 Å². The van der Waals surface area contributed by atoms with Crippen LogP contribution in [0.15, 0.2) is 12.4 Å². The molecule has 100 valence electrons. The molecule has 0 atom stereocenters. The Bertz CT molecular complexity index is 611. The van der Waals surface area contributed by atoms with E-state index in [0.29, 0.717) is 19.6 Å². The standard InChI is InChI=1S/C11H12F2N6/c1-14-10-7(12)4-8(13)11(16-10)18-2-3-19-6-15-17-9(19)5-18/h4,6H,2-3,5H2,1H3,(H,14,16). The highest BCUT2D eigenvalue weighted by atomic mass is 19.1. The Morgan fingerprint density at radius 3 is 2.89 bits per heavy atom. The van der Waals surface area contributed by atoms with Crippen molar-refractivity contribution in [2.24, 2.45) is 0 Å². The molecule has 0 bridgehead atoms. The minimum Gasteiger partial charge on any atom is -0.371 e. The van der Waals surface area contributed by atoms with E-state index in [0.717, 1.165) is 11.9 Å². The summed E-state index contributed by atoms with van der Waals surface area (Å²) in [5, 5.41) is 10.4. The highest BCUT2D eigenvalue weighted by Gasteiger charge is 2.22. The third-order valence-electron chi connectivity index (χ3n) is 3.09. The van der Waals surface area contributed by atoms with E-state index in [1.54, 1.807) is 18.3 Å². The van der Waals surface area contributed by atoms with Crippen LogP contribution in [-0.2, 0) is 13.1 Å². The summed E-state index contributed by atoms with van der Waals surface area (Å²) < 4.78 is 29.1. The Kier molecular flexibility index (Phi) is 2.77. The quantitative estimate of drug-likeness (QED) is 0.879. The largest absolute Gasteiger partial charge is 0.371 e. The first kappa shape index (κ1) is 11.8. The fourth-order valence-electron chi connectivity index (χ4n) is 2.10. The molecular formula is C11H12F2N6. The minimum absolute atomic E-state index is 0.0310. The average molecular weight is 266 g/mol. The van der Waals surface area contributed by atoms with Crippen molar-refractivity contribution >= 4 is 11.6 Å². The molecule has 3 rings (SSSR count). The van der Waals surface area contributed by atoms with Gasteiger partial charge >= 0.3 is 0 Å². The number of halogens is 2. The first-order valence-corrected chi connectivity index (χ1v) is 5.84. The van der Waals surface area contributed by atoms with E-state index in [9.17, 15) is 8.78 Å². The van der Waals surface area contributed by atoms with Crippen molar-refractivity contribution in [3.8, 4) is 0 Å². The molecule has 0 spiro atoms. The predicted octanol–water partition coefficient (Wildman–Crippen LogP) is 1.01. The molecule has 3 heterocycles. The van der Waals surface area contributed by atoms with Crippen molar-refractivity contribution in [1.29, 1.82) is 0 Å². The highest BCUT2D eigenvalue weighted by Crippen LogP contribution is 2.24. The monoisotopic (exact) mass is 266 g/mol. The van der Waals surface area contributed by atoms with Gasteiger partial charge in [-0.15, -0.1) is 10.2 Å². The van der Waals surface area contributed by atoms with Crippen molar-refractivity contribution in [3.05, 3.63) is 29.9 Å². The lowest BCUT2D eigenvalue weighted by Gasteiger charge is -2.28. The maximum absolute atomic E-state index is 13.8. The molecule has 6 nitrogen and oxygen atoms in total. The fraction of sp³-hybridized carbons (Fsp3) is 0.364. The number of pyridine rings is 1. The second-order valence-corrected chi connectivity index (χ2v) is 4.24. The summed E-state index contributed by atoms with van der Waals surface area (Å²) in [7, 11) is 1.54. The second-order valence-electron chi connectivity index (χ2n) is 4.24. The molecule has 0 aliphatic carbocycles. The number of nitrogens with zero attached hydrogens (tertiary/aromatic N) is 5. The molecule has 0 saturated heterocycles. The predicted molar refractivity (Wildman–Crippen MR) is 64.8 cm³/mol. The van der Waals surface area contributed by atoms with E-state index in [1.165, 1.54) is 0 Å². The van der Waals surface area contributed by atoms with Crippen LogP contribution < -0.4 is 10.2 Å². The van der Waals surface area contributed by atoms with Gasteiger partial charge in [0.25, 0.3) is 0 Å². The van der Waals surface area contributed by atoms with Gasteiger partial charge in [-0.05, 0) is 0 Å². The van der Waals surface area contributed by atoms with Crippen molar-refractivity contribution < 1.29 is 8.78 Å². The number of hydrogen-bond acceptors (Lipinski definition) is 5. The topological polar surface area (TPSA) is 58.9 Å². The van der Waals surface area contributed by atoms with Crippen LogP contribution in [-0.4, -0.2) is 33.3 Å². The normalized spacial score (nSPS) is 14.4. The molecule has 0 saturated carbocycles. The van der Waals surface area contributed by atoms with Crippen molar-refractivity contribution in [2.45, 2.75) is 13.1 Å². The Balaban J connectivity index is 1.95. The Hall–Kier alpha value is -2.25. The van der Waals surface area contributed by atoms with Crippen LogP contribution in [0.5, 0.6) is 0 Å². The molecule has 0 fully saturated rings. The zero-order chi connectivity index (χ0) is 13.4. The van der Waals surface area contributed by atoms with E-state index < -0.39 is 11.6 Å². The van der Waals surface area contributed by atoms with Gasteiger partial charge in [0.1, 0.15) is 6.33 Å². The van der Waals surface area contributed by atoms with E-state index in [1.807, 2.05) is 4.57 Å². The fourth-order valence-corrected chi connectivity index (χ4v) is 2.10. The third kappa shape index (κ3) is 1.98. The van der Waals surface area contributed by atoms with Crippen LogP contribution in [0, 0.1) is 11.6 Å². The molecule has 0 aromatic carbocycles. The van der Waals surface area contributed by atoms with E-state index >= 15 is 0 Å². The SMILES string of the molecule is CNc1nc(N2CCn3cnnc3C2)c(F)cc1F. The molecule has 0 unspecified atom stereocenters. The minimum atomic E-state index is -0.705. The van der Waals surface area contributed by atoms with Gasteiger partial charge in [-0.25, -0.2) is 13.8 Å². The second kappa shape index (κ2) is 4.45. The van der Waals surface area contributed by atoms with Crippen molar-refractivity contribution in [3.63, 3.8) is 0 Å². The number of hydrogen-bond donors (Lipinski definition) is 1. The Morgan fingerprint density at radius 2 is 2.11 bits per heavy atom. The lowest BCUT2D eigenvalue weighted by Crippen LogP contribution is -2.35. The summed E-state index contributed by atoms with van der Waals surface area (Å²) in [4.78, 5) is 5.70. The van der Waals surface area contributed by atoms with Crippen LogP contribution in [0.1, 0.15) is 5.82 Å². The summed E-state index contributed by atoms with van der Waals surface area (Å²) >= 11 is 0. The van der Waals surface area contributed by atoms with Crippen LogP contribution in [0.2, 0.25) is 0 Å². The maximum Gasteiger partial charge on any atom is 0.168 e. The summed E-state index contributed by atoms with van der Waals surface area (Å²) in [5.74, 6) is -0.486. The zero-order valence-corrected chi connectivity index (χ0v) is 10.3. The first-order chi connectivity index (χ1) is 9.19. The van der Waals surface area contributed by atoms with Crippen molar-refractivity contribution in [1.82, 2.24) is 19.7 Å². The van der Waals surface area contributed by atoms with Crippen molar-refractivity contribution in [2.75, 3.05) is 23.8 Å². The summed E-state index contributed by atoms with van der Waals surface area (Å²) in [5.41, 5.74) is 0. The van der Waals surface area contributed by atoms with Crippen LogP contribution in [0.4, 0.5) is 20.4 Å². The van der Waals surface area contributed by atoms with Crippen LogP contribution in [0.3, 0.4) is 0 Å². The Morgan fingerprint density at radius 1 is 1.26 bits per heavy atom. The van der Waals surface area contributed by atoms with Gasteiger partial charge in [-0.1, -0.05) is 0 Å². The molecule has 1 aliphatic rings. The van der Waals surface area contributed by atoms with Gasteiger partial charge in [-0.3, -0.25) is 0 Å².